The monoisotopic (exact) mass is 244 g/mol. The second-order valence-electron chi connectivity index (χ2n) is 5.24. The summed E-state index contributed by atoms with van der Waals surface area (Å²) in [6, 6.07) is 8.40. The van der Waals surface area contributed by atoms with Crippen molar-refractivity contribution in [3.8, 4) is 0 Å². The van der Waals surface area contributed by atoms with E-state index >= 15 is 0 Å². The van der Waals surface area contributed by atoms with E-state index in [9.17, 15) is 5.11 Å². The van der Waals surface area contributed by atoms with E-state index in [1.165, 1.54) is 10.9 Å². The summed E-state index contributed by atoms with van der Waals surface area (Å²) in [5.74, 6) is 0.397. The Bertz CT molecular complexity index is 546. The fraction of sp³-hybridized carbons (Fsp3) is 0.533. The molecular weight excluding hydrogens is 224 g/mol. The van der Waals surface area contributed by atoms with Gasteiger partial charge < -0.3 is 5.11 Å². The largest absolute Gasteiger partial charge is 0.393 e. The van der Waals surface area contributed by atoms with Crippen LogP contribution in [0.15, 0.2) is 24.3 Å². The third-order valence-electron chi connectivity index (χ3n) is 4.11. The molecular formula is C15H20N2O. The van der Waals surface area contributed by atoms with Gasteiger partial charge in [0.25, 0.3) is 0 Å². The maximum absolute atomic E-state index is 9.95. The molecule has 0 spiro atoms. The normalized spacial score (nSPS) is 23.9. The van der Waals surface area contributed by atoms with Gasteiger partial charge in [0.15, 0.2) is 0 Å². The zero-order valence-corrected chi connectivity index (χ0v) is 10.8. The van der Waals surface area contributed by atoms with Crippen molar-refractivity contribution >= 4 is 10.9 Å². The van der Waals surface area contributed by atoms with Gasteiger partial charge in [0, 0.05) is 11.9 Å². The van der Waals surface area contributed by atoms with E-state index in [1.807, 2.05) is 0 Å². The first kappa shape index (κ1) is 11.7. The Hall–Kier alpha value is -1.35. The molecule has 18 heavy (non-hydrogen) atoms. The Morgan fingerprint density at radius 3 is 2.89 bits per heavy atom. The van der Waals surface area contributed by atoms with Crippen molar-refractivity contribution < 1.29 is 5.11 Å². The summed E-state index contributed by atoms with van der Waals surface area (Å²) in [7, 11) is 0. The Morgan fingerprint density at radius 2 is 2.17 bits per heavy atom. The van der Waals surface area contributed by atoms with Crippen molar-refractivity contribution in [1.82, 2.24) is 9.78 Å². The van der Waals surface area contributed by atoms with Gasteiger partial charge in [0.2, 0.25) is 0 Å². The molecule has 1 fully saturated rings. The molecule has 0 radical (unpaired) electrons. The SMILES string of the molecule is CCn1nc(CC2CCCC2O)c2ccccc21. The van der Waals surface area contributed by atoms with Crippen LogP contribution in [-0.4, -0.2) is 21.0 Å². The molecule has 1 aromatic carbocycles. The highest BCUT2D eigenvalue weighted by Crippen LogP contribution is 2.30. The van der Waals surface area contributed by atoms with E-state index in [0.29, 0.717) is 5.92 Å². The van der Waals surface area contributed by atoms with Crippen molar-refractivity contribution in [2.45, 2.75) is 45.3 Å². The number of hydrogen-bond acceptors (Lipinski definition) is 2. The molecule has 1 aliphatic rings. The molecule has 0 saturated heterocycles. The fourth-order valence-corrected chi connectivity index (χ4v) is 3.09. The van der Waals surface area contributed by atoms with E-state index in [4.69, 9.17) is 5.10 Å². The van der Waals surface area contributed by atoms with Crippen molar-refractivity contribution in [2.24, 2.45) is 5.92 Å². The number of benzene rings is 1. The molecule has 3 nitrogen and oxygen atoms in total. The van der Waals surface area contributed by atoms with Gasteiger partial charge in [-0.15, -0.1) is 0 Å². The molecule has 0 bridgehead atoms. The lowest BCUT2D eigenvalue weighted by Crippen LogP contribution is -2.16. The maximum atomic E-state index is 9.95. The number of hydrogen-bond donors (Lipinski definition) is 1. The number of para-hydroxylation sites is 1. The molecule has 0 amide bonds. The van der Waals surface area contributed by atoms with Gasteiger partial charge in [0.1, 0.15) is 0 Å². The molecule has 2 unspecified atom stereocenters. The quantitative estimate of drug-likeness (QED) is 0.901. The van der Waals surface area contributed by atoms with Crippen molar-refractivity contribution in [1.29, 1.82) is 0 Å². The van der Waals surface area contributed by atoms with Gasteiger partial charge in [0.05, 0.1) is 17.3 Å². The number of rotatable bonds is 3. The molecule has 1 aromatic heterocycles. The number of aromatic nitrogens is 2. The van der Waals surface area contributed by atoms with Gasteiger partial charge in [-0.1, -0.05) is 24.6 Å². The smallest absolute Gasteiger partial charge is 0.0707 e. The average Bonchev–Trinajstić information content (AvgIpc) is 2.95. The van der Waals surface area contributed by atoms with Crippen LogP contribution in [0.3, 0.4) is 0 Å². The molecule has 1 saturated carbocycles. The second-order valence-corrected chi connectivity index (χ2v) is 5.24. The fourth-order valence-electron chi connectivity index (χ4n) is 3.09. The van der Waals surface area contributed by atoms with Crippen LogP contribution in [0.1, 0.15) is 31.9 Å². The average molecular weight is 244 g/mol. The summed E-state index contributed by atoms with van der Waals surface area (Å²) in [4.78, 5) is 0. The van der Waals surface area contributed by atoms with Crippen LogP contribution in [0.4, 0.5) is 0 Å². The van der Waals surface area contributed by atoms with Crippen LogP contribution in [0.2, 0.25) is 0 Å². The van der Waals surface area contributed by atoms with Crippen molar-refractivity contribution in [3.63, 3.8) is 0 Å². The Morgan fingerprint density at radius 1 is 1.33 bits per heavy atom. The van der Waals surface area contributed by atoms with Gasteiger partial charge in [-0.3, -0.25) is 4.68 Å². The summed E-state index contributed by atoms with van der Waals surface area (Å²) >= 11 is 0. The van der Waals surface area contributed by atoms with Gasteiger partial charge >= 0.3 is 0 Å². The Balaban J connectivity index is 1.96. The van der Waals surface area contributed by atoms with E-state index < -0.39 is 0 Å². The Labute approximate surface area is 107 Å². The topological polar surface area (TPSA) is 38.0 Å². The number of aryl methyl sites for hydroxylation is 1. The first-order valence-electron chi connectivity index (χ1n) is 6.92. The first-order valence-corrected chi connectivity index (χ1v) is 6.92. The molecule has 0 aliphatic heterocycles. The van der Waals surface area contributed by atoms with E-state index in [-0.39, 0.29) is 6.10 Å². The Kier molecular flexibility index (Phi) is 3.08. The molecule has 1 N–H and O–H groups in total. The zero-order valence-electron chi connectivity index (χ0n) is 10.8. The van der Waals surface area contributed by atoms with Crippen LogP contribution in [-0.2, 0) is 13.0 Å². The molecule has 2 aromatic rings. The summed E-state index contributed by atoms with van der Waals surface area (Å²) in [6.45, 7) is 3.02. The third kappa shape index (κ3) is 1.93. The number of aliphatic hydroxyl groups excluding tert-OH is 1. The molecule has 96 valence electrons. The summed E-state index contributed by atoms with van der Waals surface area (Å²) in [6.07, 6.45) is 4.02. The minimum atomic E-state index is -0.129. The minimum absolute atomic E-state index is 0.129. The lowest BCUT2D eigenvalue weighted by atomic mass is 9.98. The predicted octanol–water partition coefficient (Wildman–Crippen LogP) is 2.76. The van der Waals surface area contributed by atoms with Crippen LogP contribution in [0.25, 0.3) is 10.9 Å². The highest BCUT2D eigenvalue weighted by molar-refractivity contribution is 5.81. The lowest BCUT2D eigenvalue weighted by molar-refractivity contribution is 0.132. The second kappa shape index (κ2) is 4.73. The van der Waals surface area contributed by atoms with Gasteiger partial charge in [-0.25, -0.2) is 0 Å². The zero-order chi connectivity index (χ0) is 12.5. The van der Waals surface area contributed by atoms with Crippen LogP contribution in [0.5, 0.6) is 0 Å². The van der Waals surface area contributed by atoms with Crippen LogP contribution in [0, 0.1) is 5.92 Å². The highest BCUT2D eigenvalue weighted by atomic mass is 16.3. The molecule has 1 heterocycles. The number of nitrogens with zero attached hydrogens (tertiary/aromatic N) is 2. The van der Waals surface area contributed by atoms with Crippen molar-refractivity contribution in [3.05, 3.63) is 30.0 Å². The molecule has 3 heteroatoms. The third-order valence-corrected chi connectivity index (χ3v) is 4.11. The van der Waals surface area contributed by atoms with E-state index in [1.54, 1.807) is 0 Å². The molecule has 2 atom stereocenters. The number of aliphatic hydroxyl groups is 1. The predicted molar refractivity (Wildman–Crippen MR) is 72.5 cm³/mol. The summed E-state index contributed by atoms with van der Waals surface area (Å²) in [5.41, 5.74) is 2.36. The number of fused-ring (bicyclic) bond motifs is 1. The van der Waals surface area contributed by atoms with Gasteiger partial charge in [-0.2, -0.15) is 5.10 Å². The standard InChI is InChI=1S/C15H20N2O/c1-2-17-14-8-4-3-7-12(14)13(16-17)10-11-6-5-9-15(11)18/h3-4,7-8,11,15,18H,2,5-6,9-10H2,1H3. The minimum Gasteiger partial charge on any atom is -0.393 e. The van der Waals surface area contributed by atoms with Crippen LogP contribution < -0.4 is 0 Å². The van der Waals surface area contributed by atoms with E-state index in [2.05, 4.69) is 35.9 Å². The molecule has 1 aliphatic carbocycles. The van der Waals surface area contributed by atoms with Crippen LogP contribution >= 0.6 is 0 Å². The summed E-state index contributed by atoms with van der Waals surface area (Å²) < 4.78 is 2.06. The lowest BCUT2D eigenvalue weighted by Gasteiger charge is -2.12. The first-order chi connectivity index (χ1) is 8.79. The molecule has 3 rings (SSSR count). The van der Waals surface area contributed by atoms with Gasteiger partial charge in [-0.05, 0) is 38.2 Å². The summed E-state index contributed by atoms with van der Waals surface area (Å²) in [5, 5.41) is 15.9. The highest BCUT2D eigenvalue weighted by Gasteiger charge is 2.26. The van der Waals surface area contributed by atoms with Crippen molar-refractivity contribution in [2.75, 3.05) is 0 Å². The van der Waals surface area contributed by atoms with E-state index in [0.717, 1.165) is 37.9 Å². The maximum Gasteiger partial charge on any atom is 0.0707 e.